The number of likely N-dealkylation sites (tertiary alicyclic amines) is 1. The minimum absolute atomic E-state index is 0.0716. The van der Waals surface area contributed by atoms with Gasteiger partial charge in [0.05, 0.1) is 18.4 Å². The molecule has 0 radical (unpaired) electrons. The van der Waals surface area contributed by atoms with Gasteiger partial charge < -0.3 is 9.64 Å². The van der Waals surface area contributed by atoms with Crippen LogP contribution >= 0.6 is 0 Å². The summed E-state index contributed by atoms with van der Waals surface area (Å²) in [5.41, 5.74) is 0.411. The third kappa shape index (κ3) is 3.26. The predicted octanol–water partition coefficient (Wildman–Crippen LogP) is 2.38. The molecule has 1 fully saturated rings. The fraction of sp³-hybridized carbons (Fsp3) is 0.529. The second-order valence-electron chi connectivity index (χ2n) is 6.10. The minimum atomic E-state index is -0.584. The monoisotopic (exact) mass is 289 g/mol. The Labute approximate surface area is 126 Å². The first-order chi connectivity index (χ1) is 9.96. The zero-order chi connectivity index (χ0) is 15.5. The third-order valence-corrected chi connectivity index (χ3v) is 4.27. The predicted molar refractivity (Wildman–Crippen MR) is 80.8 cm³/mol. The molecule has 0 aromatic heterocycles. The summed E-state index contributed by atoms with van der Waals surface area (Å²) in [7, 11) is 1.40. The van der Waals surface area contributed by atoms with E-state index in [4.69, 9.17) is 4.74 Å². The lowest BCUT2D eigenvalue weighted by atomic mass is 9.82. The Hall–Kier alpha value is -1.84. The molecular weight excluding hydrogens is 266 g/mol. The number of amides is 1. The molecule has 1 aliphatic heterocycles. The molecule has 1 atom stereocenters. The van der Waals surface area contributed by atoms with Gasteiger partial charge in [-0.15, -0.1) is 0 Å². The number of methoxy groups -OCH3 is 1. The average molecular weight is 289 g/mol. The molecule has 114 valence electrons. The number of hydrogen-bond donors (Lipinski definition) is 0. The Balaban J connectivity index is 2.14. The summed E-state index contributed by atoms with van der Waals surface area (Å²) in [6.07, 6.45) is 1.64. The maximum absolute atomic E-state index is 12.9. The molecule has 0 bridgehead atoms. The Morgan fingerprint density at radius 2 is 1.90 bits per heavy atom. The molecular formula is C17H23NO3. The highest BCUT2D eigenvalue weighted by Gasteiger charge is 2.37. The van der Waals surface area contributed by atoms with Gasteiger partial charge >= 0.3 is 5.97 Å². The van der Waals surface area contributed by atoms with Crippen molar-refractivity contribution in [3.8, 4) is 0 Å². The van der Waals surface area contributed by atoms with Gasteiger partial charge in [-0.25, -0.2) is 0 Å². The van der Waals surface area contributed by atoms with E-state index >= 15 is 0 Å². The van der Waals surface area contributed by atoms with Gasteiger partial charge in [0.1, 0.15) is 0 Å². The molecule has 1 saturated heterocycles. The summed E-state index contributed by atoms with van der Waals surface area (Å²) in [4.78, 5) is 26.3. The van der Waals surface area contributed by atoms with Gasteiger partial charge in [0.2, 0.25) is 5.91 Å². The van der Waals surface area contributed by atoms with Crippen molar-refractivity contribution in [2.24, 2.45) is 5.92 Å². The molecule has 2 rings (SSSR count). The van der Waals surface area contributed by atoms with E-state index in [0.717, 1.165) is 18.4 Å². The first-order valence-corrected chi connectivity index (χ1v) is 7.39. The molecule has 0 spiro atoms. The molecule has 1 aromatic rings. The summed E-state index contributed by atoms with van der Waals surface area (Å²) in [6, 6.07) is 9.77. The Morgan fingerprint density at radius 3 is 2.52 bits per heavy atom. The number of rotatable bonds is 3. The van der Waals surface area contributed by atoms with Crippen LogP contribution in [0.3, 0.4) is 0 Å². The second kappa shape index (κ2) is 6.29. The second-order valence-corrected chi connectivity index (χ2v) is 6.10. The zero-order valence-corrected chi connectivity index (χ0v) is 13.0. The van der Waals surface area contributed by atoms with Crippen molar-refractivity contribution in [2.75, 3.05) is 20.2 Å². The van der Waals surface area contributed by atoms with Crippen molar-refractivity contribution in [3.05, 3.63) is 35.9 Å². The van der Waals surface area contributed by atoms with E-state index in [-0.39, 0.29) is 17.8 Å². The Bertz CT molecular complexity index is 510. The Kier molecular flexibility index (Phi) is 4.66. The normalized spacial score (nSPS) is 19.2. The van der Waals surface area contributed by atoms with Crippen LogP contribution in [0.1, 0.15) is 32.3 Å². The molecule has 1 heterocycles. The summed E-state index contributed by atoms with van der Waals surface area (Å²) in [5, 5.41) is 0. The smallest absolute Gasteiger partial charge is 0.310 e. The third-order valence-electron chi connectivity index (χ3n) is 4.27. The minimum Gasteiger partial charge on any atom is -0.469 e. The summed E-state index contributed by atoms with van der Waals surface area (Å²) < 4.78 is 4.81. The number of carbonyl (C=O) groups excluding carboxylic acids is 2. The van der Waals surface area contributed by atoms with Crippen LogP contribution in [0.4, 0.5) is 0 Å². The van der Waals surface area contributed by atoms with Crippen LogP contribution < -0.4 is 0 Å². The molecule has 0 N–H and O–H groups in total. The SMILES string of the molecule is COC(=O)C1CCCN(C(=O)C(C)(C)c2ccccc2)C1. The summed E-state index contributed by atoms with van der Waals surface area (Å²) >= 11 is 0. The lowest BCUT2D eigenvalue weighted by Gasteiger charge is -2.37. The van der Waals surface area contributed by atoms with E-state index in [0.29, 0.717) is 13.1 Å². The highest BCUT2D eigenvalue weighted by molar-refractivity contribution is 5.88. The number of hydrogen-bond acceptors (Lipinski definition) is 3. The molecule has 4 nitrogen and oxygen atoms in total. The Morgan fingerprint density at radius 1 is 1.24 bits per heavy atom. The van der Waals surface area contributed by atoms with Gasteiger partial charge in [-0.1, -0.05) is 30.3 Å². The number of piperidine rings is 1. The van der Waals surface area contributed by atoms with Crippen LogP contribution in [0.25, 0.3) is 0 Å². The van der Waals surface area contributed by atoms with Gasteiger partial charge in [-0.3, -0.25) is 9.59 Å². The van der Waals surface area contributed by atoms with Crippen molar-refractivity contribution in [1.29, 1.82) is 0 Å². The van der Waals surface area contributed by atoms with Crippen molar-refractivity contribution >= 4 is 11.9 Å². The van der Waals surface area contributed by atoms with Gasteiger partial charge in [-0.2, -0.15) is 0 Å². The maximum Gasteiger partial charge on any atom is 0.310 e. The summed E-state index contributed by atoms with van der Waals surface area (Å²) in [5.74, 6) is -0.341. The number of nitrogens with zero attached hydrogens (tertiary/aromatic N) is 1. The van der Waals surface area contributed by atoms with Crippen LogP contribution in [-0.4, -0.2) is 37.0 Å². The summed E-state index contributed by atoms with van der Waals surface area (Å²) in [6.45, 7) is 5.04. The number of esters is 1. The van der Waals surface area contributed by atoms with E-state index in [1.165, 1.54) is 7.11 Å². The van der Waals surface area contributed by atoms with Crippen LogP contribution in [0, 0.1) is 5.92 Å². The van der Waals surface area contributed by atoms with Crippen molar-refractivity contribution in [2.45, 2.75) is 32.1 Å². The average Bonchev–Trinajstić information content (AvgIpc) is 2.54. The highest BCUT2D eigenvalue weighted by Crippen LogP contribution is 2.28. The lowest BCUT2D eigenvalue weighted by molar-refractivity contribution is -0.150. The van der Waals surface area contributed by atoms with Crippen LogP contribution in [0.15, 0.2) is 30.3 Å². The number of ether oxygens (including phenoxy) is 1. The zero-order valence-electron chi connectivity index (χ0n) is 13.0. The van der Waals surface area contributed by atoms with Crippen LogP contribution in [0.5, 0.6) is 0 Å². The quantitative estimate of drug-likeness (QED) is 0.803. The van der Waals surface area contributed by atoms with E-state index in [1.54, 1.807) is 4.90 Å². The topological polar surface area (TPSA) is 46.6 Å². The number of carbonyl (C=O) groups is 2. The molecule has 0 aliphatic carbocycles. The molecule has 4 heteroatoms. The fourth-order valence-electron chi connectivity index (χ4n) is 2.89. The molecule has 1 aliphatic rings. The van der Waals surface area contributed by atoms with E-state index < -0.39 is 5.41 Å². The molecule has 1 unspecified atom stereocenters. The largest absolute Gasteiger partial charge is 0.469 e. The van der Waals surface area contributed by atoms with Crippen molar-refractivity contribution in [1.82, 2.24) is 4.90 Å². The van der Waals surface area contributed by atoms with Gasteiger partial charge in [0.25, 0.3) is 0 Å². The van der Waals surface area contributed by atoms with Gasteiger partial charge in [0.15, 0.2) is 0 Å². The van der Waals surface area contributed by atoms with Crippen molar-refractivity contribution < 1.29 is 14.3 Å². The van der Waals surface area contributed by atoms with E-state index in [9.17, 15) is 9.59 Å². The van der Waals surface area contributed by atoms with Gasteiger partial charge in [-0.05, 0) is 32.3 Å². The fourth-order valence-corrected chi connectivity index (χ4v) is 2.89. The highest BCUT2D eigenvalue weighted by atomic mass is 16.5. The molecule has 0 saturated carbocycles. The number of benzene rings is 1. The molecule has 1 amide bonds. The standard InChI is InChI=1S/C17H23NO3/c1-17(2,14-9-5-4-6-10-14)16(20)18-11-7-8-13(12-18)15(19)21-3/h4-6,9-10,13H,7-8,11-12H2,1-3H3. The first-order valence-electron chi connectivity index (χ1n) is 7.39. The van der Waals surface area contributed by atoms with E-state index in [1.807, 2.05) is 44.2 Å². The molecule has 1 aromatic carbocycles. The van der Waals surface area contributed by atoms with Gasteiger partial charge in [0, 0.05) is 13.1 Å². The van der Waals surface area contributed by atoms with Crippen LogP contribution in [-0.2, 0) is 19.7 Å². The van der Waals surface area contributed by atoms with E-state index in [2.05, 4.69) is 0 Å². The first kappa shape index (κ1) is 15.5. The molecule has 21 heavy (non-hydrogen) atoms. The van der Waals surface area contributed by atoms with Crippen LogP contribution in [0.2, 0.25) is 0 Å². The lowest BCUT2D eigenvalue weighted by Crippen LogP contribution is -2.49. The van der Waals surface area contributed by atoms with Crippen molar-refractivity contribution in [3.63, 3.8) is 0 Å². The maximum atomic E-state index is 12.9.